The second-order valence-electron chi connectivity index (χ2n) is 16.7. The first kappa shape index (κ1) is 42.4. The Kier molecular flexibility index (Phi) is 13.3. The Bertz CT molecular complexity index is 1750. The highest BCUT2D eigenvalue weighted by Crippen LogP contribution is 2.41. The van der Waals surface area contributed by atoms with E-state index >= 15 is 0 Å². The molecular formula is C43H60N2O10. The number of carbonyl (C=O) groups excluding carboxylic acids is 4. The van der Waals surface area contributed by atoms with Gasteiger partial charge in [-0.15, -0.1) is 0 Å². The van der Waals surface area contributed by atoms with Crippen LogP contribution in [-0.2, 0) is 38.1 Å². The molecule has 0 spiro atoms. The third-order valence-electron chi connectivity index (χ3n) is 12.2. The molecule has 13 atom stereocenters. The minimum Gasteiger partial charge on any atom is -0.458 e. The first-order valence-electron chi connectivity index (χ1n) is 19.8. The van der Waals surface area contributed by atoms with Crippen LogP contribution in [-0.4, -0.2) is 88.3 Å². The summed E-state index contributed by atoms with van der Waals surface area (Å²) in [7, 11) is 0. The van der Waals surface area contributed by atoms with Crippen molar-refractivity contribution in [2.45, 2.75) is 136 Å². The third kappa shape index (κ3) is 8.98. The lowest BCUT2D eigenvalue weighted by atomic mass is 9.73. The molecule has 1 aromatic heterocycles. The molecule has 0 aliphatic carbocycles. The van der Waals surface area contributed by atoms with E-state index in [-0.39, 0.29) is 43.2 Å². The van der Waals surface area contributed by atoms with Gasteiger partial charge in [-0.1, -0.05) is 71.9 Å². The number of aromatic nitrogens is 1. The standard InChI is InChI=1S/C43H60N2O10/c1-11-33-43(10)37(45-41(50)55-43)26(6)34(46)24(4)21-42(9,51-18-14-15-29-20-30-16-12-13-17-32(30)44-22-29)38(27(7)35(47)28(8)39(49)53-33)54-40-36(48)31(23(2)3)19-25(5)52-40/h12-17,20,22-28,31,33,36-38,40,48H,11,18-19,21H2,1-10H3,(H,45,50)/b15-14+/t24-,25-,26+,27+,28-,31-,33-,36-,37-,38-,40+,42+,43-/m1/s1. The molecule has 55 heavy (non-hydrogen) atoms. The summed E-state index contributed by atoms with van der Waals surface area (Å²) in [6, 6.07) is 9.02. The van der Waals surface area contributed by atoms with Crippen LogP contribution >= 0.6 is 0 Å². The van der Waals surface area contributed by atoms with Crippen LogP contribution in [0.1, 0.15) is 94.1 Å². The molecule has 12 heteroatoms. The van der Waals surface area contributed by atoms with E-state index in [1.807, 2.05) is 63.3 Å². The van der Waals surface area contributed by atoms with Gasteiger partial charge in [-0.05, 0) is 76.5 Å². The fourth-order valence-electron chi connectivity index (χ4n) is 8.94. The zero-order valence-electron chi connectivity index (χ0n) is 33.9. The van der Waals surface area contributed by atoms with Crippen LogP contribution in [0.3, 0.4) is 0 Å². The van der Waals surface area contributed by atoms with Crippen LogP contribution in [0.4, 0.5) is 4.79 Å². The van der Waals surface area contributed by atoms with Gasteiger partial charge >= 0.3 is 12.1 Å². The van der Waals surface area contributed by atoms with E-state index in [2.05, 4.69) is 10.3 Å². The Labute approximate surface area is 325 Å². The van der Waals surface area contributed by atoms with Gasteiger partial charge in [0.1, 0.15) is 23.9 Å². The first-order chi connectivity index (χ1) is 25.9. The average molecular weight is 765 g/mol. The number of hydrogen-bond donors (Lipinski definition) is 2. The second kappa shape index (κ2) is 17.2. The molecular weight excluding hydrogens is 704 g/mol. The van der Waals surface area contributed by atoms with E-state index in [0.717, 1.165) is 16.5 Å². The molecule has 0 saturated carbocycles. The highest BCUT2D eigenvalue weighted by molar-refractivity contribution is 6.00. The monoisotopic (exact) mass is 764 g/mol. The Morgan fingerprint density at radius 1 is 1.04 bits per heavy atom. The van der Waals surface area contributed by atoms with Crippen LogP contribution in [0.5, 0.6) is 0 Å². The number of esters is 1. The zero-order valence-corrected chi connectivity index (χ0v) is 33.9. The highest BCUT2D eigenvalue weighted by atomic mass is 16.7. The van der Waals surface area contributed by atoms with Crippen molar-refractivity contribution in [3.8, 4) is 0 Å². The van der Waals surface area contributed by atoms with Crippen molar-refractivity contribution < 1.29 is 48.0 Å². The fraction of sp³-hybridized carbons (Fsp3) is 0.651. The molecule has 3 fully saturated rings. The van der Waals surface area contributed by atoms with E-state index in [1.165, 1.54) is 6.92 Å². The summed E-state index contributed by atoms with van der Waals surface area (Å²) in [4.78, 5) is 59.9. The molecule has 3 saturated heterocycles. The van der Waals surface area contributed by atoms with E-state index in [0.29, 0.717) is 6.42 Å². The normalized spacial score (nSPS) is 38.1. The topological polar surface area (TPSA) is 160 Å². The van der Waals surface area contributed by atoms with Crippen LogP contribution in [0.2, 0.25) is 0 Å². The molecule has 3 aliphatic rings. The summed E-state index contributed by atoms with van der Waals surface area (Å²) in [6.07, 6.45) is 1.41. The molecule has 2 N–H and O–H groups in total. The van der Waals surface area contributed by atoms with Crippen LogP contribution in [0.25, 0.3) is 17.0 Å². The summed E-state index contributed by atoms with van der Waals surface area (Å²) in [5, 5.41) is 15.4. The molecule has 302 valence electrons. The van der Waals surface area contributed by atoms with Crippen molar-refractivity contribution in [2.75, 3.05) is 6.61 Å². The Balaban J connectivity index is 1.56. The number of ether oxygens (including phenoxy) is 5. The number of aliphatic hydroxyl groups excluding tert-OH is 1. The first-order valence-corrected chi connectivity index (χ1v) is 19.8. The van der Waals surface area contributed by atoms with E-state index < -0.39 is 83.4 Å². The molecule has 5 rings (SSSR count). The number of hydrogen-bond acceptors (Lipinski definition) is 11. The summed E-state index contributed by atoms with van der Waals surface area (Å²) in [6.45, 7) is 18.0. The van der Waals surface area contributed by atoms with Crippen molar-refractivity contribution in [3.63, 3.8) is 0 Å². The highest BCUT2D eigenvalue weighted by Gasteiger charge is 2.57. The van der Waals surface area contributed by atoms with Gasteiger partial charge < -0.3 is 34.1 Å². The van der Waals surface area contributed by atoms with Crippen LogP contribution < -0.4 is 5.32 Å². The lowest BCUT2D eigenvalue weighted by Crippen LogP contribution is -2.59. The van der Waals surface area contributed by atoms with Crippen LogP contribution in [0.15, 0.2) is 42.6 Å². The molecule has 4 heterocycles. The number of aliphatic hydroxyl groups is 1. The number of fused-ring (bicyclic) bond motifs is 2. The van der Waals surface area contributed by atoms with Crippen molar-refractivity contribution in [1.29, 1.82) is 0 Å². The number of pyridine rings is 1. The number of ketones is 2. The van der Waals surface area contributed by atoms with Crippen molar-refractivity contribution >= 4 is 40.6 Å². The number of nitrogens with one attached hydrogen (secondary N) is 1. The number of rotatable bonds is 8. The van der Waals surface area contributed by atoms with E-state index in [1.54, 1.807) is 47.7 Å². The number of benzene rings is 1. The van der Waals surface area contributed by atoms with Gasteiger partial charge in [-0.25, -0.2) is 4.79 Å². The predicted octanol–water partition coefficient (Wildman–Crippen LogP) is 6.45. The molecule has 1 aromatic carbocycles. The summed E-state index contributed by atoms with van der Waals surface area (Å²) >= 11 is 0. The van der Waals surface area contributed by atoms with Crippen molar-refractivity contribution in [1.82, 2.24) is 10.3 Å². The molecule has 12 nitrogen and oxygen atoms in total. The number of Topliss-reactive ketones (excluding diaryl/α,β-unsaturated/α-hetero) is 2. The molecule has 0 bridgehead atoms. The summed E-state index contributed by atoms with van der Waals surface area (Å²) in [5.41, 5.74) is -0.976. The van der Waals surface area contributed by atoms with Gasteiger partial charge in [0.2, 0.25) is 0 Å². The number of amides is 1. The van der Waals surface area contributed by atoms with Gasteiger partial charge in [-0.2, -0.15) is 0 Å². The summed E-state index contributed by atoms with van der Waals surface area (Å²) < 4.78 is 31.4. The number of cyclic esters (lactones) is 1. The Morgan fingerprint density at radius 2 is 1.75 bits per heavy atom. The minimum atomic E-state index is -1.37. The van der Waals surface area contributed by atoms with Gasteiger partial charge in [0.25, 0.3) is 0 Å². The largest absolute Gasteiger partial charge is 0.458 e. The molecule has 0 unspecified atom stereocenters. The quantitative estimate of drug-likeness (QED) is 0.225. The number of para-hydroxylation sites is 1. The minimum absolute atomic E-state index is 0.0695. The SMILES string of the molecule is CC[C@H]1OC(=O)[C@H](C)C(=O)[C@H](C)[C@@H](O[C@@H]2O[C@H](C)C[C@H](C(C)C)[C@H]2O)[C@@](C)(OC/C=C/c2cnc3ccccc3c2)C[C@@H](C)C(=O)[C@H](C)[C@H]2NC(=O)O[C@@]21C. The molecule has 3 aliphatic heterocycles. The number of alkyl carbamates (subject to hydrolysis) is 1. The smallest absolute Gasteiger partial charge is 0.408 e. The maximum absolute atomic E-state index is 14.4. The molecule has 0 radical (unpaired) electrons. The maximum atomic E-state index is 14.4. The van der Waals surface area contributed by atoms with Crippen molar-refractivity contribution in [2.24, 2.45) is 35.5 Å². The van der Waals surface area contributed by atoms with Crippen LogP contribution in [0, 0.1) is 35.5 Å². The van der Waals surface area contributed by atoms with Gasteiger partial charge in [-0.3, -0.25) is 19.4 Å². The lowest BCUT2D eigenvalue weighted by molar-refractivity contribution is -0.300. The third-order valence-corrected chi connectivity index (χ3v) is 12.2. The fourth-order valence-corrected chi connectivity index (χ4v) is 8.94. The molecule has 2 aromatic rings. The summed E-state index contributed by atoms with van der Waals surface area (Å²) in [5.74, 6) is -5.07. The van der Waals surface area contributed by atoms with Gasteiger partial charge in [0.05, 0.1) is 36.0 Å². The number of carbonyl (C=O) groups is 4. The predicted molar refractivity (Wildman–Crippen MR) is 207 cm³/mol. The Morgan fingerprint density at radius 3 is 2.44 bits per heavy atom. The van der Waals surface area contributed by atoms with Gasteiger partial charge in [0.15, 0.2) is 17.7 Å². The average Bonchev–Trinajstić information content (AvgIpc) is 3.47. The van der Waals surface area contributed by atoms with E-state index in [4.69, 9.17) is 23.7 Å². The van der Waals surface area contributed by atoms with Gasteiger partial charge in [0, 0.05) is 29.3 Å². The maximum Gasteiger partial charge on any atom is 0.408 e. The zero-order chi connectivity index (χ0) is 40.4. The Hall–Kier alpha value is -3.71. The van der Waals surface area contributed by atoms with Crippen molar-refractivity contribution in [3.05, 3.63) is 48.2 Å². The lowest BCUT2D eigenvalue weighted by Gasteiger charge is -2.47. The number of nitrogens with zero attached hydrogens (tertiary/aromatic N) is 1. The second-order valence-corrected chi connectivity index (χ2v) is 16.7. The van der Waals surface area contributed by atoms with E-state index in [9.17, 15) is 24.3 Å². The molecule has 1 amide bonds.